The number of rotatable bonds is 1. The minimum Gasteiger partial charge on any atom is -0.284 e. The van der Waals surface area contributed by atoms with E-state index in [1.807, 2.05) is 6.92 Å². The second kappa shape index (κ2) is 3.04. The molecule has 0 radical (unpaired) electrons. The molecule has 0 aliphatic carbocycles. The molecule has 1 aliphatic rings. The molecule has 1 heterocycles. The largest absolute Gasteiger partial charge is 0.284 e. The lowest BCUT2D eigenvalue weighted by molar-refractivity contribution is 1.03. The Bertz CT molecular complexity index is 240. The third kappa shape index (κ3) is 1.59. The van der Waals surface area contributed by atoms with Gasteiger partial charge in [0.15, 0.2) is 0 Å². The molecule has 1 nitrogen and oxygen atoms in total. The smallest absolute Gasteiger partial charge is 0.0629 e. The van der Waals surface area contributed by atoms with Gasteiger partial charge < -0.3 is 0 Å². The highest BCUT2D eigenvalue weighted by Gasteiger charge is 2.14. The fraction of sp³-hybridized carbons (Fsp3) is 0.500. The van der Waals surface area contributed by atoms with E-state index in [1.165, 1.54) is 11.1 Å². The Morgan fingerprint density at radius 3 is 2.36 bits per heavy atom. The van der Waals surface area contributed by atoms with Crippen LogP contribution in [0.4, 0.5) is 0 Å². The van der Waals surface area contributed by atoms with Gasteiger partial charge in [0.1, 0.15) is 0 Å². The molecule has 0 spiro atoms. The number of aliphatic imine (C=N–C) groups is 1. The summed E-state index contributed by atoms with van der Waals surface area (Å²) in [5.41, 5.74) is 5.02. The van der Waals surface area contributed by atoms with Crippen LogP contribution in [0.3, 0.4) is 0 Å². The highest BCUT2D eigenvalue weighted by atomic mass is 14.8. The van der Waals surface area contributed by atoms with E-state index in [0.29, 0.717) is 0 Å². The number of hydrogen-bond donors (Lipinski definition) is 0. The van der Waals surface area contributed by atoms with E-state index in [1.54, 1.807) is 0 Å². The second-order valence-electron chi connectivity index (χ2n) is 3.24. The van der Waals surface area contributed by atoms with Crippen LogP contribution in [-0.4, -0.2) is 12.3 Å². The standard InChI is InChI=1S/C10H15N/c1-7(2)9-5-6-11-10(9)8(3)4/h3,5-6H2,1-2,4H3. The maximum absolute atomic E-state index is 4.40. The summed E-state index contributed by atoms with van der Waals surface area (Å²) in [6.07, 6.45) is 1.10. The number of nitrogens with zero attached hydrogens (tertiary/aromatic N) is 1. The molecular weight excluding hydrogens is 134 g/mol. The van der Waals surface area contributed by atoms with E-state index in [2.05, 4.69) is 25.4 Å². The van der Waals surface area contributed by atoms with Gasteiger partial charge in [-0.15, -0.1) is 0 Å². The molecule has 0 fully saturated rings. The molecule has 60 valence electrons. The molecule has 0 atom stereocenters. The van der Waals surface area contributed by atoms with Crippen LogP contribution in [0.1, 0.15) is 27.2 Å². The SMILES string of the molecule is C=C(C)C1=NCCC1=C(C)C. The first-order chi connectivity index (χ1) is 5.13. The fourth-order valence-corrected chi connectivity index (χ4v) is 1.37. The minimum absolute atomic E-state index is 0.947. The van der Waals surface area contributed by atoms with Crippen molar-refractivity contribution in [2.24, 2.45) is 4.99 Å². The molecule has 0 saturated carbocycles. The van der Waals surface area contributed by atoms with Gasteiger partial charge in [-0.2, -0.15) is 0 Å². The molecule has 0 N–H and O–H groups in total. The van der Waals surface area contributed by atoms with Gasteiger partial charge in [-0.3, -0.25) is 4.99 Å². The van der Waals surface area contributed by atoms with Gasteiger partial charge >= 0.3 is 0 Å². The normalized spacial score (nSPS) is 16.6. The summed E-state index contributed by atoms with van der Waals surface area (Å²) >= 11 is 0. The van der Waals surface area contributed by atoms with Crippen LogP contribution in [0.25, 0.3) is 0 Å². The van der Waals surface area contributed by atoms with E-state index >= 15 is 0 Å². The second-order valence-corrected chi connectivity index (χ2v) is 3.24. The Morgan fingerprint density at radius 1 is 1.36 bits per heavy atom. The van der Waals surface area contributed by atoms with Crippen LogP contribution < -0.4 is 0 Å². The molecule has 11 heavy (non-hydrogen) atoms. The van der Waals surface area contributed by atoms with Gasteiger partial charge in [-0.05, 0) is 38.3 Å². The Labute approximate surface area is 68.5 Å². The zero-order valence-electron chi connectivity index (χ0n) is 7.57. The molecule has 0 aromatic heterocycles. The first-order valence-electron chi connectivity index (χ1n) is 4.00. The molecule has 1 rings (SSSR count). The fourth-order valence-electron chi connectivity index (χ4n) is 1.37. The summed E-state index contributed by atoms with van der Waals surface area (Å²) in [5, 5.41) is 0. The van der Waals surface area contributed by atoms with Crippen molar-refractivity contribution in [2.75, 3.05) is 6.54 Å². The molecule has 0 bridgehead atoms. The lowest BCUT2D eigenvalue weighted by Crippen LogP contribution is -1.99. The molecule has 0 aromatic carbocycles. The van der Waals surface area contributed by atoms with E-state index in [4.69, 9.17) is 0 Å². The van der Waals surface area contributed by atoms with Crippen molar-refractivity contribution < 1.29 is 0 Å². The Balaban J connectivity index is 2.97. The van der Waals surface area contributed by atoms with Crippen LogP contribution in [0.2, 0.25) is 0 Å². The van der Waals surface area contributed by atoms with Crippen molar-refractivity contribution in [3.8, 4) is 0 Å². The van der Waals surface area contributed by atoms with Gasteiger partial charge in [-0.25, -0.2) is 0 Å². The van der Waals surface area contributed by atoms with Gasteiger partial charge in [0.2, 0.25) is 0 Å². The third-order valence-electron chi connectivity index (χ3n) is 1.93. The lowest BCUT2D eigenvalue weighted by atomic mass is 10.0. The van der Waals surface area contributed by atoms with Crippen molar-refractivity contribution >= 4 is 5.71 Å². The van der Waals surface area contributed by atoms with Gasteiger partial charge in [0.25, 0.3) is 0 Å². The summed E-state index contributed by atoms with van der Waals surface area (Å²) < 4.78 is 0. The predicted molar refractivity (Wildman–Crippen MR) is 50.1 cm³/mol. The zero-order chi connectivity index (χ0) is 8.43. The van der Waals surface area contributed by atoms with Crippen molar-refractivity contribution in [2.45, 2.75) is 27.2 Å². The van der Waals surface area contributed by atoms with E-state index in [0.717, 1.165) is 24.3 Å². The van der Waals surface area contributed by atoms with Crippen molar-refractivity contribution in [1.82, 2.24) is 0 Å². The van der Waals surface area contributed by atoms with E-state index < -0.39 is 0 Å². The first-order valence-corrected chi connectivity index (χ1v) is 4.00. The summed E-state index contributed by atoms with van der Waals surface area (Å²) in [6.45, 7) is 11.1. The first kappa shape index (κ1) is 8.25. The minimum atomic E-state index is 0.947. The van der Waals surface area contributed by atoms with Crippen LogP contribution in [-0.2, 0) is 0 Å². The molecule has 1 heteroatoms. The van der Waals surface area contributed by atoms with Gasteiger partial charge in [0, 0.05) is 6.54 Å². The summed E-state index contributed by atoms with van der Waals surface area (Å²) in [4.78, 5) is 4.40. The zero-order valence-corrected chi connectivity index (χ0v) is 7.57. The average Bonchev–Trinajstić information content (AvgIpc) is 2.32. The molecule has 0 saturated heterocycles. The summed E-state index contributed by atoms with van der Waals surface area (Å²) in [5.74, 6) is 0. The van der Waals surface area contributed by atoms with Gasteiger partial charge in [-0.1, -0.05) is 12.2 Å². The quantitative estimate of drug-likeness (QED) is 0.543. The summed E-state index contributed by atoms with van der Waals surface area (Å²) in [6, 6.07) is 0. The Kier molecular flexibility index (Phi) is 2.28. The van der Waals surface area contributed by atoms with Crippen LogP contribution in [0.5, 0.6) is 0 Å². The highest BCUT2D eigenvalue weighted by molar-refractivity contribution is 6.13. The number of hydrogen-bond acceptors (Lipinski definition) is 1. The number of allylic oxidation sites excluding steroid dienone is 2. The Morgan fingerprint density at radius 2 is 2.00 bits per heavy atom. The van der Waals surface area contributed by atoms with E-state index in [9.17, 15) is 0 Å². The molecule has 1 aliphatic heterocycles. The van der Waals surface area contributed by atoms with E-state index in [-0.39, 0.29) is 0 Å². The highest BCUT2D eigenvalue weighted by Crippen LogP contribution is 2.20. The monoisotopic (exact) mass is 149 g/mol. The van der Waals surface area contributed by atoms with Crippen molar-refractivity contribution in [3.05, 3.63) is 23.3 Å². The molecule has 0 unspecified atom stereocenters. The maximum atomic E-state index is 4.40. The average molecular weight is 149 g/mol. The predicted octanol–water partition coefficient (Wildman–Crippen LogP) is 2.74. The van der Waals surface area contributed by atoms with Crippen LogP contribution in [0, 0.1) is 0 Å². The van der Waals surface area contributed by atoms with Crippen molar-refractivity contribution in [3.63, 3.8) is 0 Å². The van der Waals surface area contributed by atoms with Crippen LogP contribution >= 0.6 is 0 Å². The summed E-state index contributed by atoms with van der Waals surface area (Å²) in [7, 11) is 0. The Hall–Kier alpha value is -0.850. The molecule has 0 aromatic rings. The maximum Gasteiger partial charge on any atom is 0.0629 e. The lowest BCUT2D eigenvalue weighted by Gasteiger charge is -2.03. The van der Waals surface area contributed by atoms with Crippen LogP contribution in [0.15, 0.2) is 28.3 Å². The third-order valence-corrected chi connectivity index (χ3v) is 1.93. The van der Waals surface area contributed by atoms with Crippen molar-refractivity contribution in [1.29, 1.82) is 0 Å². The van der Waals surface area contributed by atoms with Gasteiger partial charge in [0.05, 0.1) is 5.71 Å². The molecular formula is C10H15N. The topological polar surface area (TPSA) is 12.4 Å². The molecule has 0 amide bonds.